The van der Waals surface area contributed by atoms with Gasteiger partial charge < -0.3 is 20.1 Å². The largest absolute Gasteiger partial charge is 0.486 e. The minimum atomic E-state index is -0.211. The normalized spacial score (nSPS) is 15.4. The number of urea groups is 1. The van der Waals surface area contributed by atoms with Crippen LogP contribution in [0.15, 0.2) is 36.7 Å². The standard InChI is InChI=1S/C17H22N4O3/c1-12(11-21-7-3-6-18-21)19-17(22)20-13(2)14-4-5-15-16(10-14)24-9-8-23-15/h3-7,10,12-13H,8-9,11H2,1-2H3,(H2,19,20,22). The minimum absolute atomic E-state index is 0.0302. The van der Waals surface area contributed by atoms with E-state index in [1.54, 1.807) is 10.9 Å². The lowest BCUT2D eigenvalue weighted by atomic mass is 10.1. The number of aromatic nitrogens is 2. The fourth-order valence-electron chi connectivity index (χ4n) is 2.61. The van der Waals surface area contributed by atoms with E-state index >= 15 is 0 Å². The van der Waals surface area contributed by atoms with Crippen molar-refractivity contribution in [1.29, 1.82) is 0 Å². The smallest absolute Gasteiger partial charge is 0.315 e. The Morgan fingerprint density at radius 3 is 2.79 bits per heavy atom. The number of rotatable bonds is 5. The molecule has 0 spiro atoms. The van der Waals surface area contributed by atoms with Crippen LogP contribution in [-0.2, 0) is 6.54 Å². The van der Waals surface area contributed by atoms with Crippen molar-refractivity contribution in [1.82, 2.24) is 20.4 Å². The number of nitrogens with zero attached hydrogens (tertiary/aromatic N) is 2. The van der Waals surface area contributed by atoms with E-state index in [9.17, 15) is 4.79 Å². The van der Waals surface area contributed by atoms with Crippen LogP contribution in [0.4, 0.5) is 4.79 Å². The molecule has 0 fully saturated rings. The Labute approximate surface area is 140 Å². The van der Waals surface area contributed by atoms with Gasteiger partial charge in [-0.2, -0.15) is 5.10 Å². The predicted molar refractivity (Wildman–Crippen MR) is 89.2 cm³/mol. The van der Waals surface area contributed by atoms with E-state index in [-0.39, 0.29) is 18.1 Å². The van der Waals surface area contributed by atoms with E-state index in [2.05, 4.69) is 15.7 Å². The second-order valence-electron chi connectivity index (χ2n) is 5.87. The van der Waals surface area contributed by atoms with E-state index in [1.165, 1.54) is 0 Å². The number of amides is 2. The molecule has 128 valence electrons. The van der Waals surface area contributed by atoms with E-state index in [1.807, 2.05) is 44.3 Å². The number of hydrogen-bond donors (Lipinski definition) is 2. The van der Waals surface area contributed by atoms with Gasteiger partial charge in [-0.1, -0.05) is 6.07 Å². The van der Waals surface area contributed by atoms with Gasteiger partial charge in [0.05, 0.1) is 12.6 Å². The van der Waals surface area contributed by atoms with Gasteiger partial charge in [0.2, 0.25) is 0 Å². The quantitative estimate of drug-likeness (QED) is 0.880. The van der Waals surface area contributed by atoms with Crippen molar-refractivity contribution in [2.75, 3.05) is 13.2 Å². The molecule has 7 heteroatoms. The molecule has 0 aliphatic carbocycles. The monoisotopic (exact) mass is 330 g/mol. The highest BCUT2D eigenvalue weighted by Gasteiger charge is 2.16. The minimum Gasteiger partial charge on any atom is -0.486 e. The summed E-state index contributed by atoms with van der Waals surface area (Å²) in [5.74, 6) is 1.47. The molecule has 1 aromatic heterocycles. The lowest BCUT2D eigenvalue weighted by Gasteiger charge is -2.22. The first-order valence-corrected chi connectivity index (χ1v) is 8.06. The summed E-state index contributed by atoms with van der Waals surface area (Å²) < 4.78 is 12.9. The molecular formula is C17H22N4O3. The number of carbonyl (C=O) groups excluding carboxylic acids is 1. The third-order valence-corrected chi connectivity index (χ3v) is 3.81. The second-order valence-corrected chi connectivity index (χ2v) is 5.87. The molecular weight excluding hydrogens is 308 g/mol. The highest BCUT2D eigenvalue weighted by molar-refractivity contribution is 5.74. The molecule has 2 unspecified atom stereocenters. The Balaban J connectivity index is 1.54. The van der Waals surface area contributed by atoms with Gasteiger partial charge in [-0.05, 0) is 37.6 Å². The Hall–Kier alpha value is -2.70. The maximum absolute atomic E-state index is 12.1. The zero-order chi connectivity index (χ0) is 16.9. The van der Waals surface area contributed by atoms with Crippen LogP contribution in [0.1, 0.15) is 25.5 Å². The number of carbonyl (C=O) groups is 1. The average molecular weight is 330 g/mol. The van der Waals surface area contributed by atoms with Gasteiger partial charge in [-0.15, -0.1) is 0 Å². The first kappa shape index (κ1) is 16.2. The Kier molecular flexibility index (Phi) is 4.88. The summed E-state index contributed by atoms with van der Waals surface area (Å²) in [5.41, 5.74) is 0.967. The summed E-state index contributed by atoms with van der Waals surface area (Å²) in [6, 6.07) is 7.20. The molecule has 2 atom stereocenters. The highest BCUT2D eigenvalue weighted by atomic mass is 16.6. The highest BCUT2D eigenvalue weighted by Crippen LogP contribution is 2.32. The number of nitrogens with one attached hydrogen (secondary N) is 2. The molecule has 1 aliphatic rings. The van der Waals surface area contributed by atoms with E-state index in [0.717, 1.165) is 17.1 Å². The van der Waals surface area contributed by atoms with Gasteiger partial charge in [0, 0.05) is 18.4 Å². The molecule has 24 heavy (non-hydrogen) atoms. The first-order chi connectivity index (χ1) is 11.6. The van der Waals surface area contributed by atoms with Crippen molar-refractivity contribution in [3.8, 4) is 11.5 Å². The van der Waals surface area contributed by atoms with Gasteiger partial charge in [0.15, 0.2) is 11.5 Å². The molecule has 7 nitrogen and oxygen atoms in total. The number of benzene rings is 1. The third kappa shape index (κ3) is 3.98. The van der Waals surface area contributed by atoms with Gasteiger partial charge in [0.1, 0.15) is 13.2 Å². The lowest BCUT2D eigenvalue weighted by molar-refractivity contribution is 0.171. The van der Waals surface area contributed by atoms with Crippen LogP contribution >= 0.6 is 0 Å². The van der Waals surface area contributed by atoms with Crippen molar-refractivity contribution in [2.45, 2.75) is 32.5 Å². The molecule has 1 aliphatic heterocycles. The molecule has 2 N–H and O–H groups in total. The van der Waals surface area contributed by atoms with Gasteiger partial charge >= 0.3 is 6.03 Å². The Morgan fingerprint density at radius 2 is 2.04 bits per heavy atom. The molecule has 2 aromatic rings. The molecule has 1 aromatic carbocycles. The first-order valence-electron chi connectivity index (χ1n) is 8.06. The average Bonchev–Trinajstić information content (AvgIpc) is 3.06. The van der Waals surface area contributed by atoms with Crippen LogP contribution in [0.25, 0.3) is 0 Å². The summed E-state index contributed by atoms with van der Waals surface area (Å²) in [4.78, 5) is 12.1. The number of fused-ring (bicyclic) bond motifs is 1. The summed E-state index contributed by atoms with van der Waals surface area (Å²) in [6.45, 7) is 5.61. The predicted octanol–water partition coefficient (Wildman–Crippen LogP) is 2.10. The zero-order valence-electron chi connectivity index (χ0n) is 13.9. The zero-order valence-corrected chi connectivity index (χ0v) is 13.9. The second kappa shape index (κ2) is 7.25. The van der Waals surface area contributed by atoms with Crippen LogP contribution in [0, 0.1) is 0 Å². The lowest BCUT2D eigenvalue weighted by Crippen LogP contribution is -2.43. The van der Waals surface area contributed by atoms with E-state index < -0.39 is 0 Å². The van der Waals surface area contributed by atoms with E-state index in [4.69, 9.17) is 9.47 Å². The van der Waals surface area contributed by atoms with Crippen molar-refractivity contribution in [2.24, 2.45) is 0 Å². The van der Waals surface area contributed by atoms with Crippen molar-refractivity contribution < 1.29 is 14.3 Å². The van der Waals surface area contributed by atoms with Gasteiger partial charge in [0.25, 0.3) is 0 Å². The molecule has 0 radical (unpaired) electrons. The Bertz CT molecular complexity index is 687. The molecule has 0 saturated heterocycles. The van der Waals surface area contributed by atoms with Crippen LogP contribution < -0.4 is 20.1 Å². The van der Waals surface area contributed by atoms with Crippen LogP contribution in [0.2, 0.25) is 0 Å². The molecule has 2 amide bonds. The Morgan fingerprint density at radius 1 is 1.25 bits per heavy atom. The molecule has 0 bridgehead atoms. The van der Waals surface area contributed by atoms with Crippen LogP contribution in [0.3, 0.4) is 0 Å². The molecule has 3 rings (SSSR count). The SMILES string of the molecule is CC(Cn1cccn1)NC(=O)NC(C)c1ccc2c(c1)OCCO2. The number of ether oxygens (including phenoxy) is 2. The van der Waals surface area contributed by atoms with Crippen LogP contribution in [-0.4, -0.2) is 35.1 Å². The molecule has 2 heterocycles. The maximum Gasteiger partial charge on any atom is 0.315 e. The number of hydrogen-bond acceptors (Lipinski definition) is 4. The summed E-state index contributed by atoms with van der Waals surface area (Å²) in [5, 5.41) is 9.98. The van der Waals surface area contributed by atoms with Crippen LogP contribution in [0.5, 0.6) is 11.5 Å². The van der Waals surface area contributed by atoms with Crippen molar-refractivity contribution in [3.05, 3.63) is 42.2 Å². The fraction of sp³-hybridized carbons (Fsp3) is 0.412. The van der Waals surface area contributed by atoms with Crippen molar-refractivity contribution in [3.63, 3.8) is 0 Å². The van der Waals surface area contributed by atoms with Gasteiger partial charge in [-0.3, -0.25) is 4.68 Å². The van der Waals surface area contributed by atoms with Gasteiger partial charge in [-0.25, -0.2) is 4.79 Å². The van der Waals surface area contributed by atoms with E-state index in [0.29, 0.717) is 19.8 Å². The maximum atomic E-state index is 12.1. The third-order valence-electron chi connectivity index (χ3n) is 3.81. The topological polar surface area (TPSA) is 77.4 Å². The molecule has 0 saturated carbocycles. The fourth-order valence-corrected chi connectivity index (χ4v) is 2.61. The summed E-state index contributed by atoms with van der Waals surface area (Å²) in [7, 11) is 0. The summed E-state index contributed by atoms with van der Waals surface area (Å²) >= 11 is 0. The summed E-state index contributed by atoms with van der Waals surface area (Å²) in [6.07, 6.45) is 3.59. The van der Waals surface area contributed by atoms with Crippen molar-refractivity contribution >= 4 is 6.03 Å².